The number of para-hydroxylation sites is 2. The number of allylic oxidation sites excluding steroid dienone is 3. The number of thiol groups is 1. The lowest BCUT2D eigenvalue weighted by Crippen LogP contribution is -2.36. The van der Waals surface area contributed by atoms with Crippen LogP contribution in [0.2, 0.25) is 0 Å². The zero-order valence-electron chi connectivity index (χ0n) is 19.3. The maximum atomic E-state index is 13.3. The summed E-state index contributed by atoms with van der Waals surface area (Å²) in [6, 6.07) is 26.8. The third-order valence-corrected chi connectivity index (χ3v) is 9.02. The molecule has 0 unspecified atom stereocenters. The minimum absolute atomic E-state index is 0.00304. The summed E-state index contributed by atoms with van der Waals surface area (Å²) in [4.78, 5) is 17.2. The lowest BCUT2D eigenvalue weighted by atomic mass is 9.89. The molecule has 0 saturated heterocycles. The molecule has 178 valence electrons. The van der Waals surface area contributed by atoms with E-state index >= 15 is 0 Å². The second-order valence-corrected chi connectivity index (χ2v) is 11.1. The Morgan fingerprint density at radius 3 is 2.50 bits per heavy atom. The molecule has 0 spiro atoms. The number of hydrogen-bond acceptors (Lipinski definition) is 6. The van der Waals surface area contributed by atoms with Crippen molar-refractivity contribution in [1.29, 1.82) is 0 Å². The van der Waals surface area contributed by atoms with Crippen LogP contribution >= 0.6 is 35.7 Å². The molecule has 0 atom stereocenters. The van der Waals surface area contributed by atoms with E-state index in [1.54, 1.807) is 23.1 Å². The van der Waals surface area contributed by atoms with Gasteiger partial charge < -0.3 is 10.0 Å². The van der Waals surface area contributed by atoms with E-state index in [9.17, 15) is 9.90 Å². The van der Waals surface area contributed by atoms with Crippen LogP contribution in [0.15, 0.2) is 111 Å². The van der Waals surface area contributed by atoms with Crippen molar-refractivity contribution < 1.29 is 14.5 Å². The zero-order valence-corrected chi connectivity index (χ0v) is 21.8. The molecule has 0 saturated carbocycles. The molecule has 2 heterocycles. The summed E-state index contributed by atoms with van der Waals surface area (Å²) in [6.07, 6.45) is 3.88. The number of carbonyl (C=O) groups is 1. The molecule has 3 aromatic carbocycles. The summed E-state index contributed by atoms with van der Waals surface area (Å²) >= 11 is 8.03. The molecule has 1 aliphatic heterocycles. The van der Waals surface area contributed by atoms with Gasteiger partial charge >= 0.3 is 0 Å². The van der Waals surface area contributed by atoms with Crippen LogP contribution in [0.5, 0.6) is 0 Å². The average Bonchev–Trinajstić information content (AvgIpc) is 3.44. The van der Waals surface area contributed by atoms with Gasteiger partial charge in [0.1, 0.15) is 4.70 Å². The van der Waals surface area contributed by atoms with Crippen molar-refractivity contribution in [2.75, 3.05) is 18.1 Å². The van der Waals surface area contributed by atoms with Gasteiger partial charge in [-0.3, -0.25) is 4.79 Å². The molecule has 4 nitrogen and oxygen atoms in total. The number of hydrogen-bond donors (Lipinski definition) is 2. The molecule has 0 radical (unpaired) electrons. The van der Waals surface area contributed by atoms with Crippen LogP contribution < -0.4 is 9.47 Å². The molecule has 1 aliphatic carbocycles. The number of aliphatic hydroxyl groups excluding tert-OH is 1. The van der Waals surface area contributed by atoms with Crippen LogP contribution in [-0.4, -0.2) is 24.0 Å². The Morgan fingerprint density at radius 2 is 1.69 bits per heavy atom. The van der Waals surface area contributed by atoms with Gasteiger partial charge in [-0.1, -0.05) is 77.7 Å². The SMILES string of the molecule is O=C1C(=Cc2sc3ccccc3[n+]2Cc2ccccc2)C(S)=C1C=C1Sc2ccccc2N1CCO. The summed E-state index contributed by atoms with van der Waals surface area (Å²) in [5.74, 6) is -0.00304. The number of rotatable bonds is 6. The molecule has 4 aromatic rings. The summed E-state index contributed by atoms with van der Waals surface area (Å²) in [5, 5.41) is 11.5. The summed E-state index contributed by atoms with van der Waals surface area (Å²) < 4.78 is 3.44. The van der Waals surface area contributed by atoms with Gasteiger partial charge in [0.25, 0.3) is 5.01 Å². The van der Waals surface area contributed by atoms with E-state index in [1.807, 2.05) is 60.7 Å². The maximum Gasteiger partial charge on any atom is 0.263 e. The first-order valence-electron chi connectivity index (χ1n) is 11.7. The lowest BCUT2D eigenvalue weighted by molar-refractivity contribution is -0.659. The molecule has 0 fully saturated rings. The summed E-state index contributed by atoms with van der Waals surface area (Å²) in [7, 11) is 0. The highest BCUT2D eigenvalue weighted by atomic mass is 32.2. The lowest BCUT2D eigenvalue weighted by Gasteiger charge is -2.23. The topological polar surface area (TPSA) is 44.4 Å². The standard InChI is InChI=1S/C29H22N2O2S3/c32-15-14-30-22-10-4-6-12-24(22)35-26(30)16-20-28(33)21(29(20)34)17-27-31(18-19-8-2-1-3-9-19)23-11-5-7-13-25(23)36-27/h1-13,16-17,32H,14-15,18H2/p+1. The van der Waals surface area contributed by atoms with Gasteiger partial charge in [-0.2, -0.15) is 4.57 Å². The Bertz CT molecular complexity index is 1580. The number of thioether (sulfide) groups is 1. The van der Waals surface area contributed by atoms with Crippen LogP contribution in [-0.2, 0) is 11.3 Å². The van der Waals surface area contributed by atoms with E-state index in [0.717, 1.165) is 32.7 Å². The average molecular weight is 528 g/mol. The van der Waals surface area contributed by atoms with Crippen molar-refractivity contribution in [2.45, 2.75) is 11.4 Å². The second kappa shape index (κ2) is 9.75. The number of carbonyl (C=O) groups excluding carboxylic acids is 1. The van der Waals surface area contributed by atoms with Crippen molar-refractivity contribution in [1.82, 2.24) is 0 Å². The molecule has 1 N–H and O–H groups in total. The first-order valence-corrected chi connectivity index (χ1v) is 13.7. The Labute approximate surface area is 223 Å². The van der Waals surface area contributed by atoms with Gasteiger partial charge in [0.15, 0.2) is 12.3 Å². The minimum Gasteiger partial charge on any atom is -0.395 e. The second-order valence-electron chi connectivity index (χ2n) is 8.56. The fraction of sp³-hybridized carbons (Fsp3) is 0.103. The molecule has 1 aromatic heterocycles. The molecular formula is C29H23N2O2S3+. The smallest absolute Gasteiger partial charge is 0.263 e. The fourth-order valence-corrected chi connectivity index (χ4v) is 7.11. The highest BCUT2D eigenvalue weighted by Gasteiger charge is 2.34. The largest absolute Gasteiger partial charge is 0.395 e. The van der Waals surface area contributed by atoms with E-state index in [0.29, 0.717) is 22.6 Å². The number of aliphatic hydroxyl groups is 1. The Kier molecular flexibility index (Phi) is 6.31. The third kappa shape index (κ3) is 4.12. The molecular weight excluding hydrogens is 505 g/mol. The molecule has 2 aliphatic rings. The van der Waals surface area contributed by atoms with E-state index in [-0.39, 0.29) is 12.4 Å². The van der Waals surface area contributed by atoms with Crippen LogP contribution in [0.1, 0.15) is 10.6 Å². The number of nitrogens with zero attached hydrogens (tertiary/aromatic N) is 2. The molecule has 6 rings (SSSR count). The van der Waals surface area contributed by atoms with E-state index in [4.69, 9.17) is 12.6 Å². The number of aromatic nitrogens is 1. The van der Waals surface area contributed by atoms with Crippen molar-refractivity contribution in [3.63, 3.8) is 0 Å². The number of benzene rings is 3. The predicted octanol–water partition coefficient (Wildman–Crippen LogP) is 5.83. The van der Waals surface area contributed by atoms with Gasteiger partial charge in [-0.15, -0.1) is 12.6 Å². The fourth-order valence-electron chi connectivity index (χ4n) is 4.54. The minimum atomic E-state index is -0.00304. The first kappa shape index (κ1) is 23.3. The zero-order chi connectivity index (χ0) is 24.6. The van der Waals surface area contributed by atoms with Crippen LogP contribution in [0, 0.1) is 0 Å². The van der Waals surface area contributed by atoms with E-state index in [1.165, 1.54) is 10.3 Å². The number of anilines is 1. The number of fused-ring (bicyclic) bond motifs is 2. The molecule has 0 amide bonds. The van der Waals surface area contributed by atoms with Gasteiger partial charge in [0.05, 0.1) is 17.3 Å². The number of Topliss-reactive ketones (excluding diaryl/α,β-unsaturated/α-hetero) is 1. The maximum absolute atomic E-state index is 13.3. The van der Waals surface area contributed by atoms with Crippen molar-refractivity contribution in [3.05, 3.63) is 117 Å². The molecule has 36 heavy (non-hydrogen) atoms. The van der Waals surface area contributed by atoms with Gasteiger partial charge in [-0.05, 0) is 24.3 Å². The number of β-amino-alcohol motifs (C(OH)–C–C–N with tert-alkyl or cyclic N) is 1. The normalized spacial score (nSPS) is 17.4. The van der Waals surface area contributed by atoms with Crippen molar-refractivity contribution >= 4 is 63.5 Å². The predicted molar refractivity (Wildman–Crippen MR) is 151 cm³/mol. The Morgan fingerprint density at radius 1 is 0.944 bits per heavy atom. The van der Waals surface area contributed by atoms with Crippen molar-refractivity contribution in [2.24, 2.45) is 0 Å². The number of ketones is 1. The Hall–Kier alpha value is -3.10. The van der Waals surface area contributed by atoms with Crippen LogP contribution in [0.25, 0.3) is 16.3 Å². The monoisotopic (exact) mass is 527 g/mol. The number of thiazole rings is 1. The highest BCUT2D eigenvalue weighted by molar-refractivity contribution is 8.03. The molecule has 0 bridgehead atoms. The van der Waals surface area contributed by atoms with Crippen molar-refractivity contribution in [3.8, 4) is 0 Å². The van der Waals surface area contributed by atoms with E-state index < -0.39 is 0 Å². The van der Waals surface area contributed by atoms with Crippen LogP contribution in [0.3, 0.4) is 0 Å². The summed E-state index contributed by atoms with van der Waals surface area (Å²) in [6.45, 7) is 1.24. The van der Waals surface area contributed by atoms with Crippen LogP contribution in [0.4, 0.5) is 5.69 Å². The first-order chi connectivity index (χ1) is 17.6. The molecule has 7 heteroatoms. The highest BCUT2D eigenvalue weighted by Crippen LogP contribution is 2.47. The third-order valence-electron chi connectivity index (χ3n) is 6.32. The summed E-state index contributed by atoms with van der Waals surface area (Å²) in [5.41, 5.74) is 4.65. The van der Waals surface area contributed by atoms with E-state index in [2.05, 4.69) is 39.8 Å². The van der Waals surface area contributed by atoms with Gasteiger partial charge in [-0.25, -0.2) is 0 Å². The Balaban J connectivity index is 1.37. The van der Waals surface area contributed by atoms with Gasteiger partial charge in [0.2, 0.25) is 5.52 Å². The quantitative estimate of drug-likeness (QED) is 0.188. The van der Waals surface area contributed by atoms with Gasteiger partial charge in [0, 0.05) is 45.2 Å².